The number of nitrogens with one attached hydrogen (secondary N) is 6. The van der Waals surface area contributed by atoms with E-state index in [1.165, 1.54) is 44.9 Å². The summed E-state index contributed by atoms with van der Waals surface area (Å²) >= 11 is 0. The Balaban J connectivity index is 0.000000139. The molecule has 128 heavy (non-hydrogen) atoms. The number of pyridine rings is 1. The van der Waals surface area contributed by atoms with Crippen molar-refractivity contribution in [2.45, 2.75) is 315 Å². The van der Waals surface area contributed by atoms with Gasteiger partial charge in [0.25, 0.3) is 35.4 Å². The van der Waals surface area contributed by atoms with E-state index in [4.69, 9.17) is 44.3 Å². The predicted molar refractivity (Wildman–Crippen MR) is 476 cm³/mol. The van der Waals surface area contributed by atoms with E-state index in [0.717, 1.165) is 149 Å². The number of aromatic nitrogens is 7. The molecule has 8 amide bonds. The van der Waals surface area contributed by atoms with E-state index in [0.29, 0.717) is 134 Å². The van der Waals surface area contributed by atoms with Crippen molar-refractivity contribution in [3.8, 4) is 0 Å². The largest absolute Gasteiger partial charge is 0.360 e. The van der Waals surface area contributed by atoms with Gasteiger partial charge in [-0.3, -0.25) is 48.1 Å². The Kier molecular flexibility index (Phi) is 33.2. The lowest BCUT2D eigenvalue weighted by Gasteiger charge is -2.42. The van der Waals surface area contributed by atoms with Gasteiger partial charge in [-0.15, -0.1) is 0 Å². The molecule has 698 valence electrons. The van der Waals surface area contributed by atoms with E-state index < -0.39 is 12.1 Å². The van der Waals surface area contributed by atoms with Gasteiger partial charge in [-0.05, 0) is 207 Å². The van der Waals surface area contributed by atoms with Crippen LogP contribution in [0.4, 0.5) is 0 Å². The number of rotatable bonds is 31. The Morgan fingerprint density at radius 1 is 0.383 bits per heavy atom. The van der Waals surface area contributed by atoms with E-state index >= 15 is 0 Å². The van der Waals surface area contributed by atoms with Gasteiger partial charge in [0.15, 0.2) is 34.2 Å². The zero-order chi connectivity index (χ0) is 91.7. The maximum Gasteiger partial charge on any atom is 0.273 e. The molecule has 33 heteroatoms. The van der Waals surface area contributed by atoms with Crippen LogP contribution in [0.2, 0.25) is 0 Å². The van der Waals surface area contributed by atoms with Crippen LogP contribution in [0.15, 0.2) is 88.1 Å². The van der Waals surface area contributed by atoms with E-state index in [1.54, 1.807) is 67.2 Å². The maximum atomic E-state index is 12.5. The summed E-state index contributed by atoms with van der Waals surface area (Å²) in [6.07, 6.45) is 30.6. The highest BCUT2D eigenvalue weighted by atomic mass is 16.5. The Bertz CT molecular complexity index is 4710. The molecule has 9 heterocycles. The lowest BCUT2D eigenvalue weighted by atomic mass is 9.70. The first-order valence-corrected chi connectivity index (χ1v) is 46.8. The minimum atomic E-state index is -0.468. The van der Waals surface area contributed by atoms with Gasteiger partial charge < -0.3 is 86.0 Å². The SMILES string of the molecule is CC(C)(C)C(NC(=O)c1cc(C2CC2)on1)C1CCC1.CC(C)(C)C(NC(=O)c1cc(C2CC2)on1)C1CCCC1.CC(C)(C)C(NC(=O)c1cc(C2CC2)on1)c1ccncc1.C[C@@H](N)C(=O)CCCCCNC(=O)c1cc(C2CC2)on1.C[C@@H](N)C(=O)N1CC[C@@H](CNC(=O)c2cc(C3CC3)on2)C1.C[C@H](N)C(=O)N1CC[C@@H](CNC(=O)c2cc(C3CC3)on2)C1. The van der Waals surface area contributed by atoms with Crippen molar-refractivity contribution in [3.05, 3.63) is 135 Å². The fraction of sp³-hybridized carbons (Fsp3) is 0.663. The molecular weight excluding hydrogens is 1630 g/mol. The van der Waals surface area contributed by atoms with E-state index in [-0.39, 0.29) is 105 Å². The Morgan fingerprint density at radius 2 is 0.695 bits per heavy atom. The van der Waals surface area contributed by atoms with Gasteiger partial charge in [0.1, 0.15) is 40.3 Å². The summed E-state index contributed by atoms with van der Waals surface area (Å²) in [7, 11) is 0. The normalized spacial score (nSPS) is 20.0. The van der Waals surface area contributed by atoms with Crippen LogP contribution >= 0.6 is 0 Å². The summed E-state index contributed by atoms with van der Waals surface area (Å²) in [5, 5.41) is 41.3. The Labute approximate surface area is 750 Å². The molecule has 3 unspecified atom stereocenters. The van der Waals surface area contributed by atoms with E-state index in [1.807, 2.05) is 24.3 Å². The van der Waals surface area contributed by atoms with Gasteiger partial charge in [0.05, 0.1) is 24.2 Å². The highest BCUT2D eigenvalue weighted by molar-refractivity contribution is 5.95. The molecule has 7 aromatic heterocycles. The fourth-order valence-electron chi connectivity index (χ4n) is 16.6. The fourth-order valence-corrected chi connectivity index (χ4v) is 16.6. The predicted octanol–water partition coefficient (Wildman–Crippen LogP) is 13.6. The van der Waals surface area contributed by atoms with Crippen LogP contribution in [-0.2, 0) is 14.4 Å². The summed E-state index contributed by atoms with van der Waals surface area (Å²) in [4.78, 5) is 116. The van der Waals surface area contributed by atoms with Crippen molar-refractivity contribution in [1.82, 2.24) is 77.6 Å². The van der Waals surface area contributed by atoms with Crippen LogP contribution in [-0.4, -0.2) is 175 Å². The number of Topliss-reactive ketones (excluding diaryl/α,β-unsaturated/α-hetero) is 1. The average Bonchev–Trinajstić information content (AvgIpc) is 1.69. The molecule has 2 saturated heterocycles. The number of likely N-dealkylation sites (tertiary alicyclic amines) is 2. The summed E-state index contributed by atoms with van der Waals surface area (Å²) in [5.41, 5.74) is 20.0. The third-order valence-corrected chi connectivity index (χ3v) is 25.5. The monoisotopic (exact) mass is 1770 g/mol. The molecule has 0 aromatic carbocycles. The summed E-state index contributed by atoms with van der Waals surface area (Å²) in [5.74, 6) is 8.53. The van der Waals surface area contributed by atoms with E-state index in [2.05, 4.69) is 130 Å². The second kappa shape index (κ2) is 43.9. The topological polar surface area (TPSA) is 479 Å². The summed E-state index contributed by atoms with van der Waals surface area (Å²) in [6, 6.07) is 13.4. The van der Waals surface area contributed by atoms with Crippen LogP contribution in [0.1, 0.15) is 388 Å². The van der Waals surface area contributed by atoms with Crippen LogP contribution in [0, 0.1) is 39.9 Å². The van der Waals surface area contributed by atoms with Crippen molar-refractivity contribution in [2.75, 3.05) is 45.8 Å². The Morgan fingerprint density at radius 3 is 0.984 bits per heavy atom. The molecule has 8 atom stereocenters. The molecular formula is C95H138N18O15. The smallest absolute Gasteiger partial charge is 0.273 e. The van der Waals surface area contributed by atoms with Crippen molar-refractivity contribution >= 4 is 53.0 Å². The van der Waals surface area contributed by atoms with Crippen molar-refractivity contribution in [3.63, 3.8) is 0 Å². The summed E-state index contributed by atoms with van der Waals surface area (Å²) < 4.78 is 31.3. The molecule has 8 aliphatic carbocycles. The second-order valence-electron chi connectivity index (χ2n) is 40.5. The van der Waals surface area contributed by atoms with Gasteiger partial charge in [-0.25, -0.2) is 0 Å². The number of carbonyl (C=O) groups is 9. The van der Waals surface area contributed by atoms with Gasteiger partial charge in [-0.1, -0.05) is 119 Å². The number of hydrogen-bond donors (Lipinski definition) is 9. The summed E-state index contributed by atoms with van der Waals surface area (Å²) in [6.45, 7) is 28.9. The number of hydrogen-bond acceptors (Lipinski definition) is 25. The van der Waals surface area contributed by atoms with Crippen LogP contribution < -0.4 is 49.1 Å². The standard InChI is InChI=1S/C17H21N3O2.C17H26N2O2.C16H24N2O2.2C15H22N4O3.C15H23N3O3/c1-17(2,3)15(12-6-8-18-9-7-12)19-16(21)13-10-14(22-20-13)11-4-5-11;1-17(2,3)15(12-6-4-5-7-12)18-16(20)13-10-14(21-19-13)11-8-9-11;1-16(2,3)14(11-5-4-6-11)17-15(19)12-9-13(20-18-12)10-7-8-10;2*1-9(16)15(21)19-5-4-10(8-19)7-17-14(20)12-6-13(22-18-12)11-2-3-11;1-10(16)13(19)5-3-2-4-8-17-15(20)12-9-14(21-18-12)11-6-7-11/h6-11,15H,4-5H2,1-3H3,(H,19,21);10-12,15H,4-9H2,1-3H3,(H,18,20);9-11,14H,4-8H2,1-3H3,(H,17,19);2*6,9-11H,2-5,7-8,16H2,1H3,(H,17,20);9-11H,2-8,16H2,1H3,(H,17,20)/t;;;9-,10+;9-,10-;10-/m...101/s1. The quantitative estimate of drug-likeness (QED) is 0.0182. The molecule has 0 bridgehead atoms. The number of nitrogens with zero attached hydrogens (tertiary/aromatic N) is 9. The molecule has 33 nitrogen and oxygen atoms in total. The number of carbonyl (C=O) groups excluding carboxylic acids is 9. The molecule has 17 rings (SSSR count). The lowest BCUT2D eigenvalue weighted by Crippen LogP contribution is -2.50. The van der Waals surface area contributed by atoms with Gasteiger partial charge in [-0.2, -0.15) is 0 Å². The number of ketones is 1. The second-order valence-corrected chi connectivity index (χ2v) is 40.5. The average molecular weight is 1770 g/mol. The number of unbranched alkanes of at least 4 members (excludes halogenated alkanes) is 2. The molecule has 0 spiro atoms. The first kappa shape index (κ1) is 96.8. The molecule has 7 aromatic rings. The minimum absolute atomic E-state index is 0.0283. The molecule has 2 aliphatic heterocycles. The minimum Gasteiger partial charge on any atom is -0.360 e. The molecule has 10 fully saturated rings. The highest BCUT2D eigenvalue weighted by Crippen LogP contribution is 2.46. The Hall–Kier alpha value is -10.3. The van der Waals surface area contributed by atoms with Gasteiger partial charge in [0.2, 0.25) is 11.8 Å². The first-order chi connectivity index (χ1) is 61.0. The maximum absolute atomic E-state index is 12.5. The third kappa shape index (κ3) is 28.9. The number of amides is 8. The highest BCUT2D eigenvalue weighted by Gasteiger charge is 2.42. The van der Waals surface area contributed by atoms with Crippen LogP contribution in [0.5, 0.6) is 0 Å². The lowest BCUT2D eigenvalue weighted by molar-refractivity contribution is -0.132. The van der Waals surface area contributed by atoms with Crippen molar-refractivity contribution in [2.24, 2.45) is 57.1 Å². The van der Waals surface area contributed by atoms with E-state index in [9.17, 15) is 43.2 Å². The van der Waals surface area contributed by atoms with Gasteiger partial charge in [0, 0.05) is 149 Å². The molecule has 0 radical (unpaired) electrons. The molecule has 10 aliphatic rings. The zero-order valence-corrected chi connectivity index (χ0v) is 77.0. The zero-order valence-electron chi connectivity index (χ0n) is 77.0. The van der Waals surface area contributed by atoms with Crippen molar-refractivity contribution < 1.29 is 70.3 Å². The van der Waals surface area contributed by atoms with Crippen LogP contribution in [0.25, 0.3) is 0 Å². The molecule has 12 N–H and O–H groups in total. The first-order valence-electron chi connectivity index (χ1n) is 46.8. The van der Waals surface area contributed by atoms with Crippen molar-refractivity contribution in [1.29, 1.82) is 0 Å². The van der Waals surface area contributed by atoms with Crippen LogP contribution in [0.3, 0.4) is 0 Å². The van der Waals surface area contributed by atoms with Gasteiger partial charge >= 0.3 is 0 Å². The molecule has 8 saturated carbocycles. The number of nitrogens with two attached hydrogens (primary N) is 3. The third-order valence-electron chi connectivity index (χ3n) is 25.5.